The number of nitrogens with zero attached hydrogens (tertiary/aromatic N) is 1. The van der Waals surface area contributed by atoms with Crippen molar-refractivity contribution in [2.45, 2.75) is 0 Å². The van der Waals surface area contributed by atoms with Gasteiger partial charge in [0.25, 0.3) is 0 Å². The predicted molar refractivity (Wildman–Crippen MR) is 51.8 cm³/mol. The lowest BCUT2D eigenvalue weighted by molar-refractivity contribution is -0.849. The van der Waals surface area contributed by atoms with Gasteiger partial charge in [0.15, 0.2) is 0 Å². The van der Waals surface area contributed by atoms with Gasteiger partial charge in [-0.15, -0.1) is 46.4 Å². The molecule has 4 heteroatoms. The van der Waals surface area contributed by atoms with Gasteiger partial charge in [-0.2, -0.15) is 0 Å². The summed E-state index contributed by atoms with van der Waals surface area (Å²) in [5.41, 5.74) is 0. The highest BCUT2D eigenvalue weighted by Crippen LogP contribution is 1.73. The zero-order valence-electron chi connectivity index (χ0n) is 5.67. The van der Waals surface area contributed by atoms with Crippen molar-refractivity contribution in [1.29, 1.82) is 0 Å². The zero-order chi connectivity index (χ0) is 4.50. The Kier molecular flexibility index (Phi) is 23.5. The molecule has 0 spiro atoms. The second kappa shape index (κ2) is 8.21. The van der Waals surface area contributed by atoms with E-state index in [2.05, 4.69) is 28.2 Å². The number of rotatable bonds is 0. The molecule has 0 rings (SSSR count). The van der Waals surface area contributed by atoms with E-state index < -0.39 is 0 Å². The van der Waals surface area contributed by atoms with Crippen molar-refractivity contribution in [2.24, 2.45) is 0 Å². The molecule has 8 heavy (non-hydrogen) atoms. The molecule has 0 aliphatic rings. The van der Waals surface area contributed by atoms with Gasteiger partial charge < -0.3 is 4.48 Å². The third-order valence-corrected chi connectivity index (χ3v) is 0. The summed E-state index contributed by atoms with van der Waals surface area (Å²) in [6, 6.07) is 0. The molecule has 0 fully saturated rings. The first-order valence-corrected chi connectivity index (χ1v) is 1.79. The van der Waals surface area contributed by atoms with Gasteiger partial charge >= 0.3 is 0 Å². The van der Waals surface area contributed by atoms with E-state index in [1.807, 2.05) is 0 Å². The Morgan fingerprint density at radius 3 is 0.750 bits per heavy atom. The molecule has 0 aromatic rings. The third-order valence-electron chi connectivity index (χ3n) is 0. The van der Waals surface area contributed by atoms with E-state index in [0.717, 1.165) is 4.48 Å². The molecule has 0 bridgehead atoms. The van der Waals surface area contributed by atoms with Crippen molar-refractivity contribution < 1.29 is 4.48 Å². The summed E-state index contributed by atoms with van der Waals surface area (Å²) >= 11 is 0. The fourth-order valence-electron chi connectivity index (χ4n) is 0. The Balaban J connectivity index is -0.0000000267. The third kappa shape index (κ3) is 190. The van der Waals surface area contributed by atoms with E-state index in [4.69, 9.17) is 0 Å². The standard InChI is InChI=1S/C4H12N.2BrH.ClH/c1-5(2,3)4;;;/h1-4H3;3*1H/q+1;;;. The first kappa shape index (κ1) is 22.9. The molecule has 0 aliphatic carbocycles. The molecule has 56 valence electrons. The van der Waals surface area contributed by atoms with Crippen LogP contribution in [0.3, 0.4) is 0 Å². The maximum absolute atomic E-state index is 2.12. The fraction of sp³-hybridized carbons (Fsp3) is 1.00. The molecule has 0 atom stereocenters. The van der Waals surface area contributed by atoms with Gasteiger partial charge in [-0.25, -0.2) is 0 Å². The van der Waals surface area contributed by atoms with E-state index in [1.165, 1.54) is 0 Å². The molecular formula is C4H15Br2ClN+. The van der Waals surface area contributed by atoms with Crippen molar-refractivity contribution >= 4 is 46.4 Å². The van der Waals surface area contributed by atoms with Gasteiger partial charge in [0, 0.05) is 0 Å². The second-order valence-corrected chi connectivity index (χ2v) is 2.68. The van der Waals surface area contributed by atoms with Crippen LogP contribution >= 0.6 is 46.4 Å². The smallest absolute Gasteiger partial charge is 0.0675 e. The van der Waals surface area contributed by atoms with E-state index in [-0.39, 0.29) is 46.4 Å². The van der Waals surface area contributed by atoms with Crippen molar-refractivity contribution in [3.63, 3.8) is 0 Å². The highest BCUT2D eigenvalue weighted by atomic mass is 79.9. The number of hydrogen-bond acceptors (Lipinski definition) is 0. The SMILES string of the molecule is Br.Br.C[N+](C)(C)C.Cl. The average Bonchev–Trinajstić information content (AvgIpc) is 0.722. The maximum Gasteiger partial charge on any atom is 0.0675 e. The minimum Gasteiger partial charge on any atom is -0.333 e. The number of quaternary nitrogens is 1. The molecule has 0 heterocycles. The Labute approximate surface area is 79.0 Å². The van der Waals surface area contributed by atoms with E-state index in [1.54, 1.807) is 0 Å². The van der Waals surface area contributed by atoms with E-state index in [9.17, 15) is 0 Å². The highest BCUT2D eigenvalue weighted by molar-refractivity contribution is 8.93. The highest BCUT2D eigenvalue weighted by Gasteiger charge is 1.88. The molecule has 0 radical (unpaired) electrons. The summed E-state index contributed by atoms with van der Waals surface area (Å²) in [6.07, 6.45) is 0. The van der Waals surface area contributed by atoms with E-state index in [0.29, 0.717) is 0 Å². The lowest BCUT2D eigenvalue weighted by Crippen LogP contribution is -2.27. The zero-order valence-corrected chi connectivity index (χ0v) is 9.91. The molecule has 0 aliphatic heterocycles. The first-order chi connectivity index (χ1) is 2.00. The molecule has 0 aromatic carbocycles. The van der Waals surface area contributed by atoms with Crippen LogP contribution in [0.15, 0.2) is 0 Å². The van der Waals surface area contributed by atoms with Crippen LogP contribution in [0.5, 0.6) is 0 Å². The Bertz CT molecular complexity index is 29.5. The summed E-state index contributed by atoms with van der Waals surface area (Å²) < 4.78 is 1.00. The molecule has 0 saturated carbocycles. The summed E-state index contributed by atoms with van der Waals surface area (Å²) in [7, 11) is 8.50. The van der Waals surface area contributed by atoms with Crippen LogP contribution in [-0.4, -0.2) is 32.7 Å². The molecule has 0 amide bonds. The Morgan fingerprint density at radius 2 is 0.750 bits per heavy atom. The molecule has 0 saturated heterocycles. The minimum atomic E-state index is 0. The van der Waals surface area contributed by atoms with Crippen LogP contribution in [0.1, 0.15) is 0 Å². The summed E-state index contributed by atoms with van der Waals surface area (Å²) in [6.45, 7) is 0. The van der Waals surface area contributed by atoms with Crippen molar-refractivity contribution in [1.82, 2.24) is 0 Å². The van der Waals surface area contributed by atoms with Gasteiger partial charge in [0.1, 0.15) is 0 Å². The summed E-state index contributed by atoms with van der Waals surface area (Å²) in [5.74, 6) is 0. The first-order valence-electron chi connectivity index (χ1n) is 1.79. The molecule has 0 aromatic heterocycles. The van der Waals surface area contributed by atoms with Crippen LogP contribution < -0.4 is 0 Å². The largest absolute Gasteiger partial charge is 0.333 e. The summed E-state index contributed by atoms with van der Waals surface area (Å²) in [5, 5.41) is 0. The topological polar surface area (TPSA) is 0 Å². The molecule has 0 N–H and O–H groups in total. The minimum absolute atomic E-state index is 0. The van der Waals surface area contributed by atoms with Gasteiger partial charge in [0.2, 0.25) is 0 Å². The monoisotopic (exact) mass is 270 g/mol. The quantitative estimate of drug-likeness (QED) is 0.591. The van der Waals surface area contributed by atoms with Gasteiger partial charge in [0.05, 0.1) is 28.2 Å². The van der Waals surface area contributed by atoms with Crippen molar-refractivity contribution in [3.05, 3.63) is 0 Å². The fourth-order valence-corrected chi connectivity index (χ4v) is 0. The maximum atomic E-state index is 2.12. The van der Waals surface area contributed by atoms with Crippen LogP contribution in [0, 0.1) is 0 Å². The summed E-state index contributed by atoms with van der Waals surface area (Å²) in [4.78, 5) is 0. The van der Waals surface area contributed by atoms with Crippen molar-refractivity contribution in [2.75, 3.05) is 28.2 Å². The lowest BCUT2D eigenvalue weighted by Gasteiger charge is -2.14. The molecule has 0 unspecified atom stereocenters. The van der Waals surface area contributed by atoms with Gasteiger partial charge in [-0.1, -0.05) is 0 Å². The van der Waals surface area contributed by atoms with Crippen LogP contribution in [0.2, 0.25) is 0 Å². The number of hydrogen-bond donors (Lipinski definition) is 0. The van der Waals surface area contributed by atoms with Crippen LogP contribution in [0.4, 0.5) is 0 Å². The van der Waals surface area contributed by atoms with Crippen molar-refractivity contribution in [3.8, 4) is 0 Å². The van der Waals surface area contributed by atoms with Gasteiger partial charge in [-0.3, -0.25) is 0 Å². The Hall–Kier alpha value is 1.21. The molecule has 1 nitrogen and oxygen atoms in total. The van der Waals surface area contributed by atoms with Crippen LogP contribution in [-0.2, 0) is 0 Å². The normalized spacial score (nSPS) is 7.50. The second-order valence-electron chi connectivity index (χ2n) is 2.68. The average molecular weight is 272 g/mol. The van der Waals surface area contributed by atoms with E-state index >= 15 is 0 Å². The van der Waals surface area contributed by atoms with Gasteiger partial charge in [-0.05, 0) is 0 Å². The Morgan fingerprint density at radius 1 is 0.750 bits per heavy atom. The predicted octanol–water partition coefficient (Wildman–Crippen LogP) is 1.90. The van der Waals surface area contributed by atoms with Crippen LogP contribution in [0.25, 0.3) is 0 Å². The number of halogens is 3. The molecular weight excluding hydrogens is 257 g/mol. The lowest BCUT2D eigenvalue weighted by atomic mass is 10.8.